The van der Waals surface area contributed by atoms with Gasteiger partial charge in [0.1, 0.15) is 12.4 Å². The number of rotatable bonds is 8. The van der Waals surface area contributed by atoms with Crippen LogP contribution in [0.4, 0.5) is 23.2 Å². The van der Waals surface area contributed by atoms with Gasteiger partial charge in [-0.1, -0.05) is 18.2 Å². The van der Waals surface area contributed by atoms with E-state index < -0.39 is 29.4 Å². The van der Waals surface area contributed by atoms with E-state index >= 15 is 0 Å². The van der Waals surface area contributed by atoms with Crippen molar-refractivity contribution in [3.8, 4) is 11.5 Å². The smallest absolute Gasteiger partial charge is 0.416 e. The molecular weight excluding hydrogens is 562 g/mol. The number of amides is 2. The Morgan fingerprint density at radius 1 is 1.03 bits per heavy atom. The summed E-state index contributed by atoms with van der Waals surface area (Å²) in [6.07, 6.45) is -3.27. The molecule has 3 aromatic rings. The molecule has 12 heteroatoms. The highest BCUT2D eigenvalue weighted by atomic mass is 79.9. The Labute approximate surface area is 217 Å². The molecule has 0 aliphatic carbocycles. The monoisotopic (exact) mass is 581 g/mol. The maximum atomic E-state index is 13.9. The summed E-state index contributed by atoms with van der Waals surface area (Å²) in [6.45, 7) is 2.04. The van der Waals surface area contributed by atoms with Crippen molar-refractivity contribution in [2.45, 2.75) is 19.7 Å². The number of anilines is 1. The Morgan fingerprint density at radius 3 is 2.38 bits per heavy atom. The second kappa shape index (κ2) is 12.3. The van der Waals surface area contributed by atoms with Crippen LogP contribution in [0.1, 0.15) is 23.6 Å². The lowest BCUT2D eigenvalue weighted by molar-refractivity contribution is -0.137. The van der Waals surface area contributed by atoms with E-state index in [2.05, 4.69) is 26.3 Å². The largest absolute Gasteiger partial charge is 0.490 e. The number of nitrogens with zero attached hydrogens (tertiary/aromatic N) is 1. The fourth-order valence-electron chi connectivity index (χ4n) is 2.98. The van der Waals surface area contributed by atoms with Crippen molar-refractivity contribution in [2.75, 3.05) is 11.9 Å². The third-order valence-corrected chi connectivity index (χ3v) is 5.31. The van der Waals surface area contributed by atoms with E-state index in [4.69, 9.17) is 9.47 Å². The first-order valence-corrected chi connectivity index (χ1v) is 11.5. The molecule has 0 aromatic heterocycles. The molecule has 0 aliphatic rings. The van der Waals surface area contributed by atoms with E-state index in [0.717, 1.165) is 24.3 Å². The molecule has 0 saturated carbocycles. The number of nitrogens with one attached hydrogen (secondary N) is 2. The summed E-state index contributed by atoms with van der Waals surface area (Å²) < 4.78 is 63.6. The van der Waals surface area contributed by atoms with E-state index in [-0.39, 0.29) is 12.3 Å². The SMILES string of the molecule is CCOc1cc(/C=N/NC(=O)C(=O)Nc2ccc(C(F)(F)F)cc2)cc(Br)c1OCc1ccccc1F. The lowest BCUT2D eigenvalue weighted by Gasteiger charge is -2.15. The van der Waals surface area contributed by atoms with Gasteiger partial charge in [-0.2, -0.15) is 18.3 Å². The standard InChI is InChI=1S/C25H20BrF4N3O4/c1-2-36-21-12-15(11-19(26)22(21)37-14-16-5-3-4-6-20(16)27)13-31-33-24(35)23(34)32-18-9-7-17(8-10-18)25(28,29)30/h3-13H,2,14H2,1H3,(H,32,34)(H,33,35)/b31-13+. The number of ether oxygens (including phenoxy) is 2. The van der Waals surface area contributed by atoms with E-state index in [1.54, 1.807) is 37.3 Å². The maximum Gasteiger partial charge on any atom is 0.416 e. The van der Waals surface area contributed by atoms with Crippen molar-refractivity contribution < 1.29 is 36.6 Å². The van der Waals surface area contributed by atoms with Crippen LogP contribution in [0, 0.1) is 5.82 Å². The van der Waals surface area contributed by atoms with Crippen LogP contribution in [-0.4, -0.2) is 24.6 Å². The third kappa shape index (κ3) is 7.78. The molecule has 3 aromatic carbocycles. The van der Waals surface area contributed by atoms with Crippen molar-refractivity contribution in [1.29, 1.82) is 0 Å². The number of carbonyl (C=O) groups is 2. The molecule has 0 heterocycles. The Bertz CT molecular complexity index is 1300. The molecule has 2 N–H and O–H groups in total. The maximum absolute atomic E-state index is 13.9. The molecule has 3 rings (SSSR count). The van der Waals surface area contributed by atoms with Crippen LogP contribution < -0.4 is 20.2 Å². The molecule has 0 aliphatic heterocycles. The Balaban J connectivity index is 1.63. The lowest BCUT2D eigenvalue weighted by atomic mass is 10.2. The molecule has 7 nitrogen and oxygen atoms in total. The van der Waals surface area contributed by atoms with Gasteiger partial charge >= 0.3 is 18.0 Å². The number of halogens is 5. The van der Waals surface area contributed by atoms with E-state index in [1.165, 1.54) is 12.3 Å². The van der Waals surface area contributed by atoms with Crippen molar-refractivity contribution >= 4 is 39.6 Å². The molecule has 0 unspecified atom stereocenters. The van der Waals surface area contributed by atoms with Crippen molar-refractivity contribution in [2.24, 2.45) is 5.10 Å². The summed E-state index contributed by atoms with van der Waals surface area (Å²) in [4.78, 5) is 24.0. The van der Waals surface area contributed by atoms with Crippen molar-refractivity contribution in [3.05, 3.63) is 87.6 Å². The number of alkyl halides is 3. The predicted molar refractivity (Wildman–Crippen MR) is 132 cm³/mol. The third-order valence-electron chi connectivity index (χ3n) is 4.72. The Hall–Kier alpha value is -3.93. The number of hydrazone groups is 1. The van der Waals surface area contributed by atoms with Crippen LogP contribution in [0.3, 0.4) is 0 Å². The second-order valence-corrected chi connectivity index (χ2v) is 8.23. The van der Waals surface area contributed by atoms with E-state index in [1.807, 2.05) is 5.43 Å². The zero-order valence-corrected chi connectivity index (χ0v) is 20.8. The highest BCUT2D eigenvalue weighted by Gasteiger charge is 2.30. The number of benzene rings is 3. The van der Waals surface area contributed by atoms with Gasteiger partial charge in [0.25, 0.3) is 0 Å². The number of hydrogen-bond donors (Lipinski definition) is 2. The number of carbonyl (C=O) groups excluding carboxylic acids is 2. The van der Waals surface area contributed by atoms with Crippen LogP contribution in [-0.2, 0) is 22.4 Å². The van der Waals surface area contributed by atoms with Crippen LogP contribution in [0.5, 0.6) is 11.5 Å². The molecule has 0 spiro atoms. The topological polar surface area (TPSA) is 89.0 Å². The van der Waals surface area contributed by atoms with Gasteiger partial charge in [0.2, 0.25) is 0 Å². The summed E-state index contributed by atoms with van der Waals surface area (Å²) in [6, 6.07) is 13.0. The minimum Gasteiger partial charge on any atom is -0.490 e. The predicted octanol–water partition coefficient (Wildman–Crippen LogP) is 5.67. The van der Waals surface area contributed by atoms with Gasteiger partial charge in [0, 0.05) is 11.3 Å². The average molecular weight is 582 g/mol. The molecule has 0 atom stereocenters. The van der Waals surface area contributed by atoms with Crippen LogP contribution in [0.2, 0.25) is 0 Å². The minimum absolute atomic E-state index is 0.00777. The first-order valence-electron chi connectivity index (χ1n) is 10.7. The van der Waals surface area contributed by atoms with Crippen molar-refractivity contribution in [1.82, 2.24) is 5.43 Å². The highest BCUT2D eigenvalue weighted by molar-refractivity contribution is 9.10. The van der Waals surface area contributed by atoms with Crippen LogP contribution >= 0.6 is 15.9 Å². The van der Waals surface area contributed by atoms with Gasteiger partial charge in [0.15, 0.2) is 11.5 Å². The Morgan fingerprint density at radius 2 is 1.73 bits per heavy atom. The van der Waals surface area contributed by atoms with E-state index in [9.17, 15) is 27.2 Å². The van der Waals surface area contributed by atoms with Gasteiger partial charge in [-0.25, -0.2) is 9.82 Å². The summed E-state index contributed by atoms with van der Waals surface area (Å²) in [5.41, 5.74) is 1.98. The zero-order chi connectivity index (χ0) is 27.0. The second-order valence-electron chi connectivity index (χ2n) is 7.37. The molecule has 0 bridgehead atoms. The van der Waals surface area contributed by atoms with Gasteiger partial charge in [-0.05, 0) is 70.9 Å². The van der Waals surface area contributed by atoms with Crippen molar-refractivity contribution in [3.63, 3.8) is 0 Å². The van der Waals surface area contributed by atoms with E-state index in [0.29, 0.717) is 33.7 Å². The molecule has 0 radical (unpaired) electrons. The Kier molecular flexibility index (Phi) is 9.23. The molecule has 0 fully saturated rings. The fourth-order valence-corrected chi connectivity index (χ4v) is 3.55. The first-order chi connectivity index (χ1) is 17.6. The van der Waals surface area contributed by atoms with Gasteiger partial charge in [-0.15, -0.1) is 0 Å². The average Bonchev–Trinajstić information content (AvgIpc) is 2.84. The van der Waals surface area contributed by atoms with Gasteiger partial charge < -0.3 is 14.8 Å². The molecular formula is C25H20BrF4N3O4. The van der Waals surface area contributed by atoms with Gasteiger partial charge in [0.05, 0.1) is 22.9 Å². The zero-order valence-electron chi connectivity index (χ0n) is 19.2. The molecule has 2 amide bonds. The summed E-state index contributed by atoms with van der Waals surface area (Å²) in [7, 11) is 0. The summed E-state index contributed by atoms with van der Waals surface area (Å²) in [5, 5.41) is 5.91. The fraction of sp³-hybridized carbons (Fsp3) is 0.160. The normalized spacial score (nSPS) is 11.3. The molecule has 37 heavy (non-hydrogen) atoms. The molecule has 194 valence electrons. The van der Waals surface area contributed by atoms with Crippen LogP contribution in [0.15, 0.2) is 70.2 Å². The minimum atomic E-state index is -4.52. The summed E-state index contributed by atoms with van der Waals surface area (Å²) in [5.74, 6) is -1.99. The highest BCUT2D eigenvalue weighted by Crippen LogP contribution is 2.37. The lowest BCUT2D eigenvalue weighted by Crippen LogP contribution is -2.32. The van der Waals surface area contributed by atoms with Gasteiger partial charge in [-0.3, -0.25) is 9.59 Å². The van der Waals surface area contributed by atoms with Crippen LogP contribution in [0.25, 0.3) is 0 Å². The summed E-state index contributed by atoms with van der Waals surface area (Å²) >= 11 is 3.38. The first kappa shape index (κ1) is 27.7. The quantitative estimate of drug-likeness (QED) is 0.155. The number of hydrogen-bond acceptors (Lipinski definition) is 5. The molecule has 0 saturated heterocycles.